The van der Waals surface area contributed by atoms with Crippen molar-refractivity contribution in [3.05, 3.63) is 23.5 Å². The van der Waals surface area contributed by atoms with E-state index >= 15 is 0 Å². The van der Waals surface area contributed by atoms with Crippen LogP contribution in [0.2, 0.25) is 0 Å². The lowest BCUT2D eigenvalue weighted by Gasteiger charge is -2.18. The molecule has 1 aromatic heterocycles. The average Bonchev–Trinajstić information content (AvgIpc) is 2.31. The zero-order valence-corrected chi connectivity index (χ0v) is 13.0. The second-order valence-corrected chi connectivity index (χ2v) is 5.68. The Balaban J connectivity index is 2.68. The molecule has 3 nitrogen and oxygen atoms in total. The average molecular weight is 264 g/mol. The van der Waals surface area contributed by atoms with Gasteiger partial charge in [0.25, 0.3) is 0 Å². The molecule has 1 unspecified atom stereocenters. The van der Waals surface area contributed by atoms with Crippen LogP contribution < -0.4 is 10.1 Å². The minimum atomic E-state index is 0.260. The third-order valence-corrected chi connectivity index (χ3v) is 2.97. The van der Waals surface area contributed by atoms with Gasteiger partial charge in [-0.05, 0) is 32.7 Å². The first-order valence-electron chi connectivity index (χ1n) is 7.35. The van der Waals surface area contributed by atoms with Crippen molar-refractivity contribution in [2.24, 2.45) is 5.92 Å². The summed E-state index contributed by atoms with van der Waals surface area (Å²) in [6.45, 7) is 12.6. The van der Waals surface area contributed by atoms with E-state index in [4.69, 9.17) is 4.74 Å². The third kappa shape index (κ3) is 6.06. The Kier molecular flexibility index (Phi) is 6.85. The molecule has 1 atom stereocenters. The zero-order valence-electron chi connectivity index (χ0n) is 13.0. The summed E-state index contributed by atoms with van der Waals surface area (Å²) in [5, 5.41) is 3.45. The molecule has 0 radical (unpaired) electrons. The number of hydrogen-bond donors (Lipinski definition) is 1. The van der Waals surface area contributed by atoms with E-state index in [-0.39, 0.29) is 6.10 Å². The molecule has 0 amide bonds. The van der Waals surface area contributed by atoms with Crippen molar-refractivity contribution in [2.75, 3.05) is 6.54 Å². The van der Waals surface area contributed by atoms with Crippen molar-refractivity contribution < 1.29 is 4.74 Å². The fraction of sp³-hybridized carbons (Fsp3) is 0.688. The molecule has 0 aliphatic carbocycles. The van der Waals surface area contributed by atoms with Gasteiger partial charge >= 0.3 is 0 Å². The van der Waals surface area contributed by atoms with Gasteiger partial charge in [-0.1, -0.05) is 27.2 Å². The van der Waals surface area contributed by atoms with E-state index in [0.717, 1.165) is 42.9 Å². The van der Waals surface area contributed by atoms with Crippen LogP contribution in [0.4, 0.5) is 0 Å². The molecule has 1 aromatic rings. The van der Waals surface area contributed by atoms with Crippen LogP contribution in [0.15, 0.2) is 12.3 Å². The second-order valence-electron chi connectivity index (χ2n) is 5.68. The number of nitrogens with zero attached hydrogens (tertiary/aromatic N) is 1. The Morgan fingerprint density at radius 3 is 2.68 bits per heavy atom. The lowest BCUT2D eigenvalue weighted by atomic mass is 10.2. The summed E-state index contributed by atoms with van der Waals surface area (Å²) in [5.41, 5.74) is 2.15. The molecule has 0 aliphatic heterocycles. The number of hydrogen-bond acceptors (Lipinski definition) is 3. The summed E-state index contributed by atoms with van der Waals surface area (Å²) in [4.78, 5) is 4.37. The Labute approximate surface area is 117 Å². The lowest BCUT2D eigenvalue weighted by molar-refractivity contribution is 0.207. The maximum absolute atomic E-state index is 6.04. The first-order valence-corrected chi connectivity index (χ1v) is 7.35. The summed E-state index contributed by atoms with van der Waals surface area (Å²) in [5.74, 6) is 1.63. The molecule has 1 N–H and O–H groups in total. The number of nitrogens with one attached hydrogen (secondary N) is 1. The molecule has 1 rings (SSSR count). The summed E-state index contributed by atoms with van der Waals surface area (Å²) < 4.78 is 6.04. The van der Waals surface area contributed by atoms with Crippen LogP contribution in [0, 0.1) is 12.8 Å². The smallest absolute Gasteiger partial charge is 0.127 e. The van der Waals surface area contributed by atoms with E-state index in [1.54, 1.807) is 0 Å². The molecule has 0 saturated heterocycles. The maximum Gasteiger partial charge on any atom is 0.127 e. The highest BCUT2D eigenvalue weighted by Crippen LogP contribution is 2.21. The van der Waals surface area contributed by atoms with Gasteiger partial charge in [-0.15, -0.1) is 0 Å². The fourth-order valence-corrected chi connectivity index (χ4v) is 1.98. The van der Waals surface area contributed by atoms with Crippen molar-refractivity contribution >= 4 is 0 Å². The molecular formula is C16H28N2O. The molecule has 0 fully saturated rings. The minimum absolute atomic E-state index is 0.260. The highest BCUT2D eigenvalue weighted by molar-refractivity contribution is 5.33. The van der Waals surface area contributed by atoms with Crippen LogP contribution in [0.5, 0.6) is 5.75 Å². The molecule has 3 heteroatoms. The van der Waals surface area contributed by atoms with E-state index in [9.17, 15) is 0 Å². The van der Waals surface area contributed by atoms with Crippen LogP contribution in [-0.4, -0.2) is 17.6 Å². The van der Waals surface area contributed by atoms with Crippen LogP contribution in [0.1, 0.15) is 51.8 Å². The Morgan fingerprint density at radius 2 is 2.05 bits per heavy atom. The topological polar surface area (TPSA) is 34.1 Å². The Morgan fingerprint density at radius 1 is 1.32 bits per heavy atom. The normalized spacial score (nSPS) is 12.7. The van der Waals surface area contributed by atoms with E-state index in [1.807, 2.05) is 19.2 Å². The van der Waals surface area contributed by atoms with Gasteiger partial charge in [-0.25, -0.2) is 0 Å². The SMILES string of the molecule is CCCC(C)Oc1cc(C)ncc1CNCC(C)C. The number of aryl methyl sites for hydroxylation is 1. The number of pyridine rings is 1. The maximum atomic E-state index is 6.04. The predicted octanol–water partition coefficient (Wildman–Crippen LogP) is 3.70. The fourth-order valence-electron chi connectivity index (χ4n) is 1.98. The number of aromatic nitrogens is 1. The van der Waals surface area contributed by atoms with Crippen molar-refractivity contribution in [3.63, 3.8) is 0 Å². The standard InChI is InChI=1S/C16H28N2O/c1-6-7-14(5)19-16-8-13(4)18-11-15(16)10-17-9-12(2)3/h8,11-12,14,17H,6-7,9-10H2,1-5H3. The number of rotatable bonds is 8. The van der Waals surface area contributed by atoms with Gasteiger partial charge in [-0.2, -0.15) is 0 Å². The van der Waals surface area contributed by atoms with Crippen molar-refractivity contribution in [2.45, 2.75) is 60.1 Å². The molecular weight excluding hydrogens is 236 g/mol. The van der Waals surface area contributed by atoms with Crippen molar-refractivity contribution in [1.29, 1.82) is 0 Å². The van der Waals surface area contributed by atoms with Crippen LogP contribution in [0.25, 0.3) is 0 Å². The van der Waals surface area contributed by atoms with Crippen molar-refractivity contribution in [1.82, 2.24) is 10.3 Å². The van der Waals surface area contributed by atoms with Crippen LogP contribution >= 0.6 is 0 Å². The van der Waals surface area contributed by atoms with E-state index in [1.165, 1.54) is 0 Å². The zero-order chi connectivity index (χ0) is 14.3. The van der Waals surface area contributed by atoms with Gasteiger partial charge in [0, 0.05) is 30.1 Å². The van der Waals surface area contributed by atoms with Gasteiger partial charge in [0.1, 0.15) is 5.75 Å². The van der Waals surface area contributed by atoms with Gasteiger partial charge in [-0.3, -0.25) is 4.98 Å². The predicted molar refractivity (Wildman–Crippen MR) is 80.5 cm³/mol. The third-order valence-electron chi connectivity index (χ3n) is 2.97. The minimum Gasteiger partial charge on any atom is -0.490 e. The van der Waals surface area contributed by atoms with Crippen LogP contribution in [-0.2, 0) is 6.54 Å². The molecule has 108 valence electrons. The molecule has 0 aromatic carbocycles. The van der Waals surface area contributed by atoms with Gasteiger partial charge < -0.3 is 10.1 Å². The quantitative estimate of drug-likeness (QED) is 0.777. The molecule has 0 aliphatic rings. The highest BCUT2D eigenvalue weighted by Gasteiger charge is 2.09. The second kappa shape index (κ2) is 8.16. The van der Waals surface area contributed by atoms with Gasteiger partial charge in [0.05, 0.1) is 6.10 Å². The Bertz CT molecular complexity index is 377. The molecule has 1 heterocycles. The highest BCUT2D eigenvalue weighted by atomic mass is 16.5. The van der Waals surface area contributed by atoms with E-state index in [2.05, 4.69) is 38.0 Å². The largest absolute Gasteiger partial charge is 0.490 e. The monoisotopic (exact) mass is 264 g/mol. The van der Waals surface area contributed by atoms with Gasteiger partial charge in [0.15, 0.2) is 0 Å². The summed E-state index contributed by atoms with van der Waals surface area (Å²) in [7, 11) is 0. The van der Waals surface area contributed by atoms with Gasteiger partial charge in [0.2, 0.25) is 0 Å². The molecule has 19 heavy (non-hydrogen) atoms. The van der Waals surface area contributed by atoms with Crippen LogP contribution in [0.3, 0.4) is 0 Å². The first-order chi connectivity index (χ1) is 9.02. The first kappa shape index (κ1) is 16.0. The summed E-state index contributed by atoms with van der Waals surface area (Å²) in [6.07, 6.45) is 4.42. The van der Waals surface area contributed by atoms with E-state index in [0.29, 0.717) is 5.92 Å². The molecule has 0 spiro atoms. The van der Waals surface area contributed by atoms with Crippen molar-refractivity contribution in [3.8, 4) is 5.75 Å². The molecule has 0 bridgehead atoms. The summed E-state index contributed by atoms with van der Waals surface area (Å²) >= 11 is 0. The molecule has 0 saturated carbocycles. The Hall–Kier alpha value is -1.09. The lowest BCUT2D eigenvalue weighted by Crippen LogP contribution is -2.20. The summed E-state index contributed by atoms with van der Waals surface area (Å²) in [6, 6.07) is 2.04. The number of ether oxygens (including phenoxy) is 1. The van der Waals surface area contributed by atoms with E-state index < -0.39 is 0 Å².